The van der Waals surface area contributed by atoms with Crippen LogP contribution in [0.4, 0.5) is 0 Å². The van der Waals surface area contributed by atoms with Crippen LogP contribution in [0.1, 0.15) is 47.8 Å². The average Bonchev–Trinajstić information content (AvgIpc) is 3.41. The van der Waals surface area contributed by atoms with Crippen molar-refractivity contribution in [3.63, 3.8) is 0 Å². The predicted molar refractivity (Wildman–Crippen MR) is 123 cm³/mol. The minimum absolute atomic E-state index is 0.246. The number of Topliss-reactive ketones (excluding diaryl/α,β-unsaturated/α-hetero) is 1. The van der Waals surface area contributed by atoms with Crippen molar-refractivity contribution < 1.29 is 18.7 Å². The van der Waals surface area contributed by atoms with E-state index in [4.69, 9.17) is 9.15 Å². The van der Waals surface area contributed by atoms with Gasteiger partial charge in [0.1, 0.15) is 9.71 Å². The Morgan fingerprint density at radius 3 is 2.53 bits per heavy atom. The molecule has 3 heterocycles. The second kappa shape index (κ2) is 8.20. The summed E-state index contributed by atoms with van der Waals surface area (Å²) in [7, 11) is 0. The number of ketones is 1. The Labute approximate surface area is 188 Å². The largest absolute Gasteiger partial charge is 0.461 e. The Kier molecular flexibility index (Phi) is 5.56. The summed E-state index contributed by atoms with van der Waals surface area (Å²) >= 11 is 1.06. The SMILES string of the molecule is Cc1cc(C(=O)COC(=O)c2sc3nc(-c4ccco4)[nH]c(=O)c3c2C)c(C)c(C)c1C. The maximum Gasteiger partial charge on any atom is 0.349 e. The number of hydrogen-bond donors (Lipinski definition) is 1. The molecule has 0 atom stereocenters. The van der Waals surface area contributed by atoms with E-state index in [0.29, 0.717) is 27.1 Å². The van der Waals surface area contributed by atoms with Crippen LogP contribution >= 0.6 is 11.3 Å². The summed E-state index contributed by atoms with van der Waals surface area (Å²) in [4.78, 5) is 45.8. The van der Waals surface area contributed by atoms with E-state index in [2.05, 4.69) is 9.97 Å². The number of carbonyl (C=O) groups is 2. The molecule has 0 amide bonds. The van der Waals surface area contributed by atoms with Gasteiger partial charge in [-0.25, -0.2) is 9.78 Å². The molecule has 0 radical (unpaired) electrons. The third-order valence-corrected chi connectivity index (χ3v) is 7.02. The molecule has 1 aromatic carbocycles. The summed E-state index contributed by atoms with van der Waals surface area (Å²) in [6.07, 6.45) is 1.48. The molecular formula is C24H22N2O5S. The first-order valence-electron chi connectivity index (χ1n) is 10.0. The van der Waals surface area contributed by atoms with Crippen molar-refractivity contribution in [2.75, 3.05) is 6.61 Å². The molecule has 0 unspecified atom stereocenters. The lowest BCUT2D eigenvalue weighted by Gasteiger charge is -2.13. The number of benzene rings is 1. The Hall–Kier alpha value is -3.52. The summed E-state index contributed by atoms with van der Waals surface area (Å²) in [6.45, 7) is 9.12. The van der Waals surface area contributed by atoms with E-state index in [1.165, 1.54) is 6.26 Å². The highest BCUT2D eigenvalue weighted by molar-refractivity contribution is 7.20. The van der Waals surface area contributed by atoms with Crippen LogP contribution in [-0.4, -0.2) is 28.3 Å². The van der Waals surface area contributed by atoms with Crippen molar-refractivity contribution in [3.05, 3.63) is 73.1 Å². The number of carbonyl (C=O) groups excluding carboxylic acids is 2. The minimum Gasteiger partial charge on any atom is -0.461 e. The number of aromatic nitrogens is 2. The van der Waals surface area contributed by atoms with Gasteiger partial charge in [-0.3, -0.25) is 9.59 Å². The Balaban J connectivity index is 1.60. The Morgan fingerprint density at radius 2 is 1.84 bits per heavy atom. The van der Waals surface area contributed by atoms with E-state index >= 15 is 0 Å². The van der Waals surface area contributed by atoms with E-state index in [1.807, 2.05) is 33.8 Å². The molecule has 4 aromatic rings. The lowest BCUT2D eigenvalue weighted by atomic mass is 9.93. The molecule has 0 aliphatic rings. The highest BCUT2D eigenvalue weighted by Gasteiger charge is 2.23. The zero-order valence-corrected chi connectivity index (χ0v) is 19.2. The molecule has 32 heavy (non-hydrogen) atoms. The zero-order chi connectivity index (χ0) is 23.2. The highest BCUT2D eigenvalue weighted by Crippen LogP contribution is 2.29. The zero-order valence-electron chi connectivity index (χ0n) is 18.4. The minimum atomic E-state index is -0.656. The number of H-pyrrole nitrogens is 1. The second-order valence-electron chi connectivity index (χ2n) is 7.74. The van der Waals surface area contributed by atoms with Crippen LogP contribution in [-0.2, 0) is 4.74 Å². The van der Waals surface area contributed by atoms with E-state index in [1.54, 1.807) is 19.1 Å². The smallest absolute Gasteiger partial charge is 0.349 e. The number of aryl methyl sites for hydroxylation is 2. The fraction of sp³-hybridized carbons (Fsp3) is 0.250. The fourth-order valence-corrected chi connectivity index (χ4v) is 4.72. The van der Waals surface area contributed by atoms with Crippen LogP contribution in [0.25, 0.3) is 21.8 Å². The number of ether oxygens (including phenoxy) is 1. The summed E-state index contributed by atoms with van der Waals surface area (Å²) in [5.41, 5.74) is 4.75. The molecule has 1 N–H and O–H groups in total. The predicted octanol–water partition coefficient (Wildman–Crippen LogP) is 4.83. The third-order valence-electron chi connectivity index (χ3n) is 5.86. The van der Waals surface area contributed by atoms with Gasteiger partial charge in [-0.1, -0.05) is 0 Å². The second-order valence-corrected chi connectivity index (χ2v) is 8.74. The van der Waals surface area contributed by atoms with E-state index in [-0.39, 0.29) is 28.7 Å². The summed E-state index contributed by atoms with van der Waals surface area (Å²) < 4.78 is 10.6. The van der Waals surface area contributed by atoms with Gasteiger partial charge in [0.2, 0.25) is 5.78 Å². The number of rotatable bonds is 5. The quantitative estimate of drug-likeness (QED) is 0.345. The van der Waals surface area contributed by atoms with Gasteiger partial charge in [0.15, 0.2) is 18.2 Å². The summed E-state index contributed by atoms with van der Waals surface area (Å²) in [6, 6.07) is 5.21. The van der Waals surface area contributed by atoms with Crippen LogP contribution in [0, 0.1) is 34.6 Å². The Morgan fingerprint density at radius 1 is 1.09 bits per heavy atom. The standard InChI is InChI=1S/C24H22N2O5S/c1-11-9-16(14(4)13(3)12(11)2)17(27)10-31-24(29)20-15(5)19-22(28)25-21(26-23(19)32-20)18-7-6-8-30-18/h6-9H,10H2,1-5H3,(H,25,26,28). The molecule has 4 rings (SSSR count). The molecule has 0 saturated heterocycles. The van der Waals surface area contributed by atoms with E-state index < -0.39 is 5.97 Å². The molecular weight excluding hydrogens is 428 g/mol. The number of esters is 1. The van der Waals surface area contributed by atoms with Gasteiger partial charge < -0.3 is 14.1 Å². The van der Waals surface area contributed by atoms with Gasteiger partial charge in [-0.05, 0) is 80.6 Å². The maximum absolute atomic E-state index is 12.8. The van der Waals surface area contributed by atoms with Crippen molar-refractivity contribution in [1.82, 2.24) is 9.97 Å². The maximum atomic E-state index is 12.8. The first kappa shape index (κ1) is 21.7. The van der Waals surface area contributed by atoms with Gasteiger partial charge in [-0.2, -0.15) is 0 Å². The summed E-state index contributed by atoms with van der Waals surface area (Å²) in [5, 5.41) is 0.323. The topological polar surface area (TPSA) is 102 Å². The molecule has 0 spiro atoms. The summed E-state index contributed by atoms with van der Waals surface area (Å²) in [5.74, 6) is -0.221. The van der Waals surface area contributed by atoms with Crippen molar-refractivity contribution in [3.8, 4) is 11.6 Å². The number of fused-ring (bicyclic) bond motifs is 1. The molecule has 3 aromatic heterocycles. The molecule has 0 fully saturated rings. The number of thiophene rings is 1. The average molecular weight is 451 g/mol. The molecule has 0 aliphatic carbocycles. The first-order chi connectivity index (χ1) is 15.2. The van der Waals surface area contributed by atoms with Crippen LogP contribution in [0.3, 0.4) is 0 Å². The van der Waals surface area contributed by atoms with Crippen molar-refractivity contribution in [2.45, 2.75) is 34.6 Å². The number of nitrogens with one attached hydrogen (secondary N) is 1. The van der Waals surface area contributed by atoms with E-state index in [0.717, 1.165) is 33.6 Å². The fourth-order valence-electron chi connectivity index (χ4n) is 3.64. The highest BCUT2D eigenvalue weighted by atomic mass is 32.1. The Bertz CT molecular complexity index is 1430. The van der Waals surface area contributed by atoms with Crippen LogP contribution < -0.4 is 5.56 Å². The molecule has 0 saturated carbocycles. The third kappa shape index (κ3) is 3.67. The van der Waals surface area contributed by atoms with Gasteiger partial charge in [0, 0.05) is 5.56 Å². The van der Waals surface area contributed by atoms with Crippen LogP contribution in [0.2, 0.25) is 0 Å². The molecule has 7 nitrogen and oxygen atoms in total. The van der Waals surface area contributed by atoms with Gasteiger partial charge >= 0.3 is 5.97 Å². The number of hydrogen-bond acceptors (Lipinski definition) is 7. The van der Waals surface area contributed by atoms with Crippen molar-refractivity contribution in [1.29, 1.82) is 0 Å². The monoisotopic (exact) mass is 450 g/mol. The van der Waals surface area contributed by atoms with Crippen molar-refractivity contribution >= 4 is 33.3 Å². The van der Waals surface area contributed by atoms with Gasteiger partial charge in [-0.15, -0.1) is 11.3 Å². The molecule has 8 heteroatoms. The lowest BCUT2D eigenvalue weighted by molar-refractivity contribution is 0.0479. The first-order valence-corrected chi connectivity index (χ1v) is 10.9. The van der Waals surface area contributed by atoms with E-state index in [9.17, 15) is 14.4 Å². The van der Waals surface area contributed by atoms with Crippen molar-refractivity contribution in [2.24, 2.45) is 0 Å². The lowest BCUT2D eigenvalue weighted by Crippen LogP contribution is -2.16. The number of nitrogens with zero attached hydrogens (tertiary/aromatic N) is 1. The molecule has 0 aliphatic heterocycles. The van der Waals surface area contributed by atoms with Crippen LogP contribution in [0.15, 0.2) is 33.7 Å². The molecule has 0 bridgehead atoms. The van der Waals surface area contributed by atoms with Gasteiger partial charge in [0.05, 0.1) is 11.6 Å². The van der Waals surface area contributed by atoms with Crippen LogP contribution in [0.5, 0.6) is 0 Å². The molecule has 164 valence electrons. The normalized spacial score (nSPS) is 11.2. The van der Waals surface area contributed by atoms with Gasteiger partial charge in [0.25, 0.3) is 5.56 Å². The number of furan rings is 1. The number of aromatic amines is 1.